The van der Waals surface area contributed by atoms with Gasteiger partial charge in [-0.1, -0.05) is 48.0 Å². The monoisotopic (exact) mass is 382 g/mol. The van der Waals surface area contributed by atoms with E-state index in [-0.39, 0.29) is 18.6 Å². The molecule has 0 heterocycles. The van der Waals surface area contributed by atoms with E-state index < -0.39 is 23.9 Å². The summed E-state index contributed by atoms with van der Waals surface area (Å²) in [5.41, 5.74) is 6.38. The fraction of sp³-hybridized carbons (Fsp3) is 0.238. The van der Waals surface area contributed by atoms with E-state index in [0.717, 1.165) is 5.56 Å². The lowest BCUT2D eigenvalue weighted by Crippen LogP contribution is -2.46. The molecule has 146 valence electrons. The quantitative estimate of drug-likeness (QED) is 0.435. The summed E-state index contributed by atoms with van der Waals surface area (Å²) in [5.74, 6) is -2.01. The zero-order chi connectivity index (χ0) is 20.5. The van der Waals surface area contributed by atoms with Crippen LogP contribution in [0.4, 0.5) is 0 Å². The van der Waals surface area contributed by atoms with Crippen LogP contribution in [0, 0.1) is 6.92 Å². The fourth-order valence-electron chi connectivity index (χ4n) is 2.29. The molecule has 0 fully saturated rings. The molecule has 2 N–H and O–H groups in total. The molecule has 0 radical (unpaired) electrons. The highest BCUT2D eigenvalue weighted by Crippen LogP contribution is 2.08. The number of ether oxygens (including phenoxy) is 1. The molecule has 2 rings (SSSR count). The topological polar surface area (TPSA) is 102 Å². The molecule has 7 nitrogen and oxygen atoms in total. The summed E-state index contributed by atoms with van der Waals surface area (Å²) >= 11 is 0. The van der Waals surface area contributed by atoms with Crippen LogP contribution < -0.4 is 10.9 Å². The summed E-state index contributed by atoms with van der Waals surface area (Å²) in [4.78, 5) is 47.7. The number of ketones is 1. The number of carbonyl (C=O) groups is 4. The second-order valence-corrected chi connectivity index (χ2v) is 6.23. The molecule has 0 unspecified atom stereocenters. The molecule has 0 spiro atoms. The van der Waals surface area contributed by atoms with Gasteiger partial charge >= 0.3 is 5.97 Å². The Balaban J connectivity index is 1.73. The van der Waals surface area contributed by atoms with Crippen LogP contribution in [-0.2, 0) is 14.3 Å². The third-order valence-electron chi connectivity index (χ3n) is 3.94. The van der Waals surface area contributed by atoms with Crippen LogP contribution in [0.3, 0.4) is 0 Å². The van der Waals surface area contributed by atoms with Crippen LogP contribution in [0.2, 0.25) is 0 Å². The molecule has 0 bridgehead atoms. The van der Waals surface area contributed by atoms with Crippen LogP contribution >= 0.6 is 0 Å². The maximum atomic E-state index is 12.1. The number of nitrogens with one attached hydrogen (secondary N) is 2. The largest absolute Gasteiger partial charge is 0.452 e. The molecule has 0 saturated carbocycles. The first kappa shape index (κ1) is 20.8. The smallest absolute Gasteiger partial charge is 0.307 e. The van der Waals surface area contributed by atoms with Gasteiger partial charge in [-0.05, 0) is 26.0 Å². The van der Waals surface area contributed by atoms with E-state index in [4.69, 9.17) is 4.74 Å². The van der Waals surface area contributed by atoms with Gasteiger partial charge in [-0.25, -0.2) is 0 Å². The van der Waals surface area contributed by atoms with Gasteiger partial charge in [0.15, 0.2) is 11.9 Å². The van der Waals surface area contributed by atoms with Gasteiger partial charge in [-0.2, -0.15) is 0 Å². The number of aryl methyl sites for hydroxylation is 1. The molecule has 2 aromatic rings. The number of hydrogen-bond acceptors (Lipinski definition) is 5. The van der Waals surface area contributed by atoms with Crippen molar-refractivity contribution in [2.45, 2.75) is 32.8 Å². The molecule has 0 aromatic heterocycles. The molecule has 2 amide bonds. The number of carbonyl (C=O) groups excluding carboxylic acids is 4. The maximum absolute atomic E-state index is 12.1. The van der Waals surface area contributed by atoms with Gasteiger partial charge in [-0.3, -0.25) is 30.0 Å². The zero-order valence-corrected chi connectivity index (χ0v) is 15.7. The Morgan fingerprint density at radius 1 is 0.857 bits per heavy atom. The molecule has 0 saturated heterocycles. The molecular formula is C21H22N2O5. The van der Waals surface area contributed by atoms with E-state index in [2.05, 4.69) is 10.9 Å². The lowest BCUT2D eigenvalue weighted by atomic mass is 10.1. The van der Waals surface area contributed by atoms with E-state index in [0.29, 0.717) is 11.1 Å². The van der Waals surface area contributed by atoms with E-state index >= 15 is 0 Å². The van der Waals surface area contributed by atoms with Gasteiger partial charge in [0.1, 0.15) is 0 Å². The Labute approximate surface area is 163 Å². The molecule has 0 aliphatic carbocycles. The van der Waals surface area contributed by atoms with E-state index in [1.807, 2.05) is 19.1 Å². The van der Waals surface area contributed by atoms with Gasteiger partial charge in [0.25, 0.3) is 11.8 Å². The van der Waals surface area contributed by atoms with Crippen molar-refractivity contribution in [1.82, 2.24) is 10.9 Å². The van der Waals surface area contributed by atoms with Crippen LogP contribution in [0.25, 0.3) is 0 Å². The molecular weight excluding hydrogens is 360 g/mol. The molecule has 28 heavy (non-hydrogen) atoms. The Kier molecular flexibility index (Phi) is 7.45. The van der Waals surface area contributed by atoms with Crippen molar-refractivity contribution >= 4 is 23.6 Å². The number of esters is 1. The number of benzene rings is 2. The molecule has 2 aromatic carbocycles. The normalized spacial score (nSPS) is 11.2. The average molecular weight is 382 g/mol. The SMILES string of the molecule is Cc1ccc(C(=O)CCC(=O)O[C@H](C)C(=O)NNC(=O)c2ccccc2)cc1. The van der Waals surface area contributed by atoms with Crippen molar-refractivity contribution in [2.24, 2.45) is 0 Å². The lowest BCUT2D eigenvalue weighted by Gasteiger charge is -2.14. The van der Waals surface area contributed by atoms with Gasteiger partial charge in [-0.15, -0.1) is 0 Å². The first-order chi connectivity index (χ1) is 13.4. The molecule has 0 aliphatic rings. The van der Waals surface area contributed by atoms with Gasteiger partial charge in [0.2, 0.25) is 0 Å². The third-order valence-corrected chi connectivity index (χ3v) is 3.94. The highest BCUT2D eigenvalue weighted by Gasteiger charge is 2.19. The fourth-order valence-corrected chi connectivity index (χ4v) is 2.29. The molecule has 0 aliphatic heterocycles. The van der Waals surface area contributed by atoms with Crippen LogP contribution in [0.5, 0.6) is 0 Å². The Morgan fingerprint density at radius 2 is 1.50 bits per heavy atom. The second kappa shape index (κ2) is 10.0. The van der Waals surface area contributed by atoms with E-state index in [1.165, 1.54) is 6.92 Å². The standard InChI is InChI=1S/C21H22N2O5/c1-14-8-10-16(11-9-14)18(24)12-13-19(25)28-15(2)20(26)22-23-21(27)17-6-4-3-5-7-17/h3-11,15H,12-13H2,1-2H3,(H,22,26)(H,23,27)/t15-/m1/s1. The first-order valence-corrected chi connectivity index (χ1v) is 8.81. The molecule has 1 atom stereocenters. The van der Waals surface area contributed by atoms with E-state index in [1.54, 1.807) is 42.5 Å². The average Bonchev–Trinajstić information content (AvgIpc) is 2.71. The van der Waals surface area contributed by atoms with Crippen molar-refractivity contribution in [3.05, 3.63) is 71.3 Å². The summed E-state index contributed by atoms with van der Waals surface area (Å²) in [7, 11) is 0. The number of Topliss-reactive ketones (excluding diaryl/α,β-unsaturated/α-hetero) is 1. The number of hydrogen-bond donors (Lipinski definition) is 2. The van der Waals surface area contributed by atoms with Crippen LogP contribution in [0.15, 0.2) is 54.6 Å². The Bertz CT molecular complexity index is 847. The van der Waals surface area contributed by atoms with Crippen molar-refractivity contribution in [3.63, 3.8) is 0 Å². The first-order valence-electron chi connectivity index (χ1n) is 8.81. The molecule has 7 heteroatoms. The Morgan fingerprint density at radius 3 is 2.14 bits per heavy atom. The predicted molar refractivity (Wildman–Crippen MR) is 102 cm³/mol. The highest BCUT2D eigenvalue weighted by molar-refractivity contribution is 5.98. The minimum absolute atomic E-state index is 0.0129. The lowest BCUT2D eigenvalue weighted by molar-refractivity contribution is -0.155. The minimum Gasteiger partial charge on any atom is -0.452 e. The number of amides is 2. The summed E-state index contributed by atoms with van der Waals surface area (Å²) in [6.45, 7) is 3.30. The minimum atomic E-state index is -1.11. The zero-order valence-electron chi connectivity index (χ0n) is 15.7. The summed E-state index contributed by atoms with van der Waals surface area (Å²) in [5, 5.41) is 0. The third kappa shape index (κ3) is 6.35. The summed E-state index contributed by atoms with van der Waals surface area (Å²) < 4.78 is 5.00. The second-order valence-electron chi connectivity index (χ2n) is 6.23. The van der Waals surface area contributed by atoms with Crippen molar-refractivity contribution in [3.8, 4) is 0 Å². The van der Waals surface area contributed by atoms with Crippen molar-refractivity contribution < 1.29 is 23.9 Å². The van der Waals surface area contributed by atoms with Crippen molar-refractivity contribution in [1.29, 1.82) is 0 Å². The van der Waals surface area contributed by atoms with Crippen molar-refractivity contribution in [2.75, 3.05) is 0 Å². The van der Waals surface area contributed by atoms with Gasteiger partial charge < -0.3 is 4.74 Å². The summed E-state index contributed by atoms with van der Waals surface area (Å²) in [6, 6.07) is 15.4. The highest BCUT2D eigenvalue weighted by atomic mass is 16.5. The van der Waals surface area contributed by atoms with Gasteiger partial charge in [0.05, 0.1) is 6.42 Å². The van der Waals surface area contributed by atoms with Crippen LogP contribution in [-0.4, -0.2) is 29.7 Å². The van der Waals surface area contributed by atoms with E-state index in [9.17, 15) is 19.2 Å². The number of rotatable bonds is 7. The maximum Gasteiger partial charge on any atom is 0.307 e. The summed E-state index contributed by atoms with van der Waals surface area (Å²) in [6.07, 6.45) is -1.26. The number of hydrazine groups is 1. The van der Waals surface area contributed by atoms with Crippen LogP contribution in [0.1, 0.15) is 46.0 Å². The van der Waals surface area contributed by atoms with Gasteiger partial charge in [0, 0.05) is 17.5 Å². The Hall–Kier alpha value is -3.48. The predicted octanol–water partition coefficient (Wildman–Crippen LogP) is 2.35.